The molecule has 0 radical (unpaired) electrons. The van der Waals surface area contributed by atoms with Crippen molar-refractivity contribution in [2.24, 2.45) is 0 Å². The molecule has 10 heteroatoms. The number of fused-ring (bicyclic) bond motifs is 1. The van der Waals surface area contributed by atoms with Crippen molar-refractivity contribution < 1.29 is 13.2 Å². The van der Waals surface area contributed by atoms with E-state index in [0.717, 1.165) is 16.0 Å². The van der Waals surface area contributed by atoms with Crippen molar-refractivity contribution in [3.63, 3.8) is 0 Å². The highest BCUT2D eigenvalue weighted by atomic mass is 32.2. The Bertz CT molecular complexity index is 869. The van der Waals surface area contributed by atoms with Gasteiger partial charge >= 0.3 is 0 Å². The summed E-state index contributed by atoms with van der Waals surface area (Å²) < 4.78 is 34.8. The summed E-state index contributed by atoms with van der Waals surface area (Å²) in [5, 5.41) is 3.04. The topological polar surface area (TPSA) is 78.9 Å². The van der Waals surface area contributed by atoms with Crippen LogP contribution < -0.4 is 4.90 Å². The molecule has 8 nitrogen and oxygen atoms in total. The fraction of sp³-hybridized carbons (Fsp3) is 0.625. The number of aromatic nitrogens is 2. The first-order valence-electron chi connectivity index (χ1n) is 8.79. The van der Waals surface area contributed by atoms with Crippen LogP contribution in [0.25, 0.3) is 10.2 Å². The van der Waals surface area contributed by atoms with Crippen LogP contribution >= 0.6 is 11.3 Å². The van der Waals surface area contributed by atoms with E-state index < -0.39 is 10.2 Å². The van der Waals surface area contributed by atoms with Gasteiger partial charge in [-0.15, -0.1) is 11.3 Å². The van der Waals surface area contributed by atoms with Gasteiger partial charge in [0, 0.05) is 39.3 Å². The SMILES string of the molecule is C[C@@H]1CN(S(=O)(=O)N2CCN(c3ncnc4sccc34)CC2)C[C@@H](C)O1. The molecule has 2 fully saturated rings. The van der Waals surface area contributed by atoms with Crippen LogP contribution in [0.4, 0.5) is 5.82 Å². The summed E-state index contributed by atoms with van der Waals surface area (Å²) in [4.78, 5) is 11.8. The molecule has 2 aromatic rings. The van der Waals surface area contributed by atoms with E-state index in [-0.39, 0.29) is 12.2 Å². The molecule has 26 heavy (non-hydrogen) atoms. The van der Waals surface area contributed by atoms with Crippen molar-refractivity contribution in [1.82, 2.24) is 18.6 Å². The number of morpholine rings is 1. The number of thiophene rings is 1. The van der Waals surface area contributed by atoms with Crippen molar-refractivity contribution in [2.75, 3.05) is 44.2 Å². The Labute approximate surface area is 157 Å². The second kappa shape index (κ2) is 7.01. The lowest BCUT2D eigenvalue weighted by Gasteiger charge is -2.40. The number of rotatable bonds is 3. The minimum Gasteiger partial charge on any atom is -0.373 e. The molecule has 0 N–H and O–H groups in total. The summed E-state index contributed by atoms with van der Waals surface area (Å²) >= 11 is 1.59. The Morgan fingerprint density at radius 2 is 1.77 bits per heavy atom. The van der Waals surface area contributed by atoms with Crippen LogP contribution in [-0.2, 0) is 14.9 Å². The highest BCUT2D eigenvalue weighted by molar-refractivity contribution is 7.86. The van der Waals surface area contributed by atoms with Gasteiger partial charge in [0.1, 0.15) is 17.0 Å². The number of ether oxygens (including phenoxy) is 1. The number of hydrogen-bond acceptors (Lipinski definition) is 7. The maximum absolute atomic E-state index is 13.0. The molecule has 0 aromatic carbocycles. The third-order valence-corrected chi connectivity index (χ3v) is 7.61. The number of nitrogens with zero attached hydrogens (tertiary/aromatic N) is 5. The van der Waals surface area contributed by atoms with E-state index >= 15 is 0 Å². The van der Waals surface area contributed by atoms with E-state index in [9.17, 15) is 8.42 Å². The van der Waals surface area contributed by atoms with Gasteiger partial charge in [-0.25, -0.2) is 9.97 Å². The molecule has 0 unspecified atom stereocenters. The Morgan fingerprint density at radius 3 is 2.46 bits per heavy atom. The predicted molar refractivity (Wildman–Crippen MR) is 102 cm³/mol. The molecule has 0 aliphatic carbocycles. The van der Waals surface area contributed by atoms with Crippen molar-refractivity contribution in [2.45, 2.75) is 26.1 Å². The van der Waals surface area contributed by atoms with Crippen molar-refractivity contribution in [3.8, 4) is 0 Å². The lowest BCUT2D eigenvalue weighted by molar-refractivity contribution is -0.0455. The molecule has 2 aromatic heterocycles. The van der Waals surface area contributed by atoms with Gasteiger partial charge in [-0.2, -0.15) is 17.0 Å². The van der Waals surface area contributed by atoms with Crippen molar-refractivity contribution in [3.05, 3.63) is 17.8 Å². The third-order valence-electron chi connectivity index (χ3n) is 4.82. The maximum atomic E-state index is 13.0. The highest BCUT2D eigenvalue weighted by Crippen LogP contribution is 2.28. The molecule has 2 atom stereocenters. The van der Waals surface area contributed by atoms with Gasteiger partial charge in [-0.05, 0) is 25.3 Å². The summed E-state index contributed by atoms with van der Waals surface area (Å²) in [6.45, 7) is 6.81. The molecular weight excluding hydrogens is 374 g/mol. The van der Waals surface area contributed by atoms with Gasteiger partial charge in [0.15, 0.2) is 0 Å². The first-order chi connectivity index (χ1) is 12.4. The fourth-order valence-electron chi connectivity index (χ4n) is 3.64. The van der Waals surface area contributed by atoms with Crippen LogP contribution in [0.1, 0.15) is 13.8 Å². The highest BCUT2D eigenvalue weighted by Gasteiger charge is 2.37. The first-order valence-corrected chi connectivity index (χ1v) is 11.1. The van der Waals surface area contributed by atoms with E-state index in [1.54, 1.807) is 26.3 Å². The van der Waals surface area contributed by atoms with Crippen LogP contribution in [0.3, 0.4) is 0 Å². The molecule has 4 heterocycles. The van der Waals surface area contributed by atoms with Gasteiger partial charge < -0.3 is 9.64 Å². The molecule has 2 aliphatic rings. The molecule has 142 valence electrons. The smallest absolute Gasteiger partial charge is 0.282 e. The maximum Gasteiger partial charge on any atom is 0.282 e. The Balaban J connectivity index is 1.47. The zero-order valence-corrected chi connectivity index (χ0v) is 16.5. The second-order valence-electron chi connectivity index (χ2n) is 6.80. The van der Waals surface area contributed by atoms with E-state index in [1.165, 1.54) is 0 Å². The molecule has 0 saturated carbocycles. The molecule has 0 bridgehead atoms. The zero-order chi connectivity index (χ0) is 18.3. The largest absolute Gasteiger partial charge is 0.373 e. The van der Waals surface area contributed by atoms with Crippen LogP contribution in [0, 0.1) is 0 Å². The van der Waals surface area contributed by atoms with Crippen molar-refractivity contribution >= 4 is 37.6 Å². The van der Waals surface area contributed by atoms with Gasteiger partial charge in [0.05, 0.1) is 17.6 Å². The summed E-state index contributed by atoms with van der Waals surface area (Å²) in [6.07, 6.45) is 1.42. The average Bonchev–Trinajstić information content (AvgIpc) is 3.10. The quantitative estimate of drug-likeness (QED) is 0.774. The van der Waals surface area contributed by atoms with E-state index in [1.807, 2.05) is 25.3 Å². The summed E-state index contributed by atoms with van der Waals surface area (Å²) in [5.41, 5.74) is 0. The molecule has 2 aliphatic heterocycles. The summed E-state index contributed by atoms with van der Waals surface area (Å²) in [6, 6.07) is 2.02. The molecule has 4 rings (SSSR count). The zero-order valence-electron chi connectivity index (χ0n) is 14.9. The molecule has 0 amide bonds. The van der Waals surface area contributed by atoms with E-state index in [4.69, 9.17) is 4.74 Å². The summed E-state index contributed by atoms with van der Waals surface area (Å²) in [7, 11) is -3.46. The molecule has 0 spiro atoms. The van der Waals surface area contributed by atoms with Crippen LogP contribution in [0.2, 0.25) is 0 Å². The first kappa shape index (κ1) is 18.1. The normalized spacial score (nSPS) is 26.5. The minimum atomic E-state index is -3.46. The Hall–Kier alpha value is -1.33. The molecule has 2 saturated heterocycles. The molecular formula is C16H23N5O3S2. The number of hydrogen-bond donors (Lipinski definition) is 0. The number of anilines is 1. The lowest BCUT2D eigenvalue weighted by Crippen LogP contribution is -2.57. The predicted octanol–water partition coefficient (Wildman–Crippen LogP) is 1.17. The second-order valence-corrected chi connectivity index (χ2v) is 9.63. The third kappa shape index (κ3) is 3.31. The van der Waals surface area contributed by atoms with Crippen LogP contribution in [0.5, 0.6) is 0 Å². The fourth-order valence-corrected chi connectivity index (χ4v) is 6.12. The van der Waals surface area contributed by atoms with E-state index in [2.05, 4.69) is 14.9 Å². The average molecular weight is 398 g/mol. The van der Waals surface area contributed by atoms with Gasteiger partial charge in [-0.3, -0.25) is 0 Å². The van der Waals surface area contributed by atoms with E-state index in [0.29, 0.717) is 39.3 Å². The number of piperazine rings is 1. The Kier molecular flexibility index (Phi) is 4.86. The summed E-state index contributed by atoms with van der Waals surface area (Å²) in [5.74, 6) is 0.891. The Morgan fingerprint density at radius 1 is 1.08 bits per heavy atom. The van der Waals surface area contributed by atoms with Gasteiger partial charge in [0.25, 0.3) is 10.2 Å². The monoisotopic (exact) mass is 397 g/mol. The standard InChI is InChI=1S/C16H23N5O3S2/c1-12-9-21(10-13(2)24-12)26(22,23)20-6-4-19(5-7-20)15-14-3-8-25-16(14)18-11-17-15/h3,8,11-13H,4-7,9-10H2,1-2H3/t12-,13-/m1/s1. The van der Waals surface area contributed by atoms with Crippen LogP contribution in [-0.4, -0.2) is 78.5 Å². The lowest BCUT2D eigenvalue weighted by atomic mass is 10.3. The van der Waals surface area contributed by atoms with Gasteiger partial charge in [-0.1, -0.05) is 0 Å². The van der Waals surface area contributed by atoms with Crippen molar-refractivity contribution in [1.29, 1.82) is 0 Å². The van der Waals surface area contributed by atoms with Gasteiger partial charge in [0.2, 0.25) is 0 Å². The van der Waals surface area contributed by atoms with Crippen LogP contribution in [0.15, 0.2) is 17.8 Å². The minimum absolute atomic E-state index is 0.0808.